The number of rotatable bonds is 5. The lowest BCUT2D eigenvalue weighted by atomic mass is 10.1. The minimum absolute atomic E-state index is 0.0505. The van der Waals surface area contributed by atoms with E-state index in [1.54, 1.807) is 37.4 Å². The van der Waals surface area contributed by atoms with Gasteiger partial charge in [-0.05, 0) is 31.2 Å². The third kappa shape index (κ3) is 4.30. The zero-order chi connectivity index (χ0) is 21.5. The molecule has 4 rings (SSSR count). The van der Waals surface area contributed by atoms with Crippen LogP contribution in [0.5, 0.6) is 0 Å². The quantitative estimate of drug-likeness (QED) is 0.575. The lowest BCUT2D eigenvalue weighted by Crippen LogP contribution is -2.49. The number of imidazole rings is 1. The Labute approximate surface area is 175 Å². The maximum absolute atomic E-state index is 13.6. The van der Waals surface area contributed by atoms with E-state index >= 15 is 0 Å². The van der Waals surface area contributed by atoms with Crippen LogP contribution in [0.15, 0.2) is 30.5 Å². The van der Waals surface area contributed by atoms with Gasteiger partial charge in [-0.15, -0.1) is 0 Å². The Morgan fingerprint density at radius 2 is 2.13 bits per heavy atom. The molecule has 10 heteroatoms. The van der Waals surface area contributed by atoms with Gasteiger partial charge in [-0.1, -0.05) is 11.6 Å². The minimum Gasteiger partial charge on any atom is -0.351 e. The van der Waals surface area contributed by atoms with Gasteiger partial charge in [0.05, 0.1) is 6.54 Å². The van der Waals surface area contributed by atoms with Gasteiger partial charge in [0.25, 0.3) is 11.8 Å². The summed E-state index contributed by atoms with van der Waals surface area (Å²) in [4.78, 5) is 37.0. The molecule has 1 unspecified atom stereocenters. The molecule has 1 fully saturated rings. The summed E-state index contributed by atoms with van der Waals surface area (Å²) >= 11 is 5.99. The summed E-state index contributed by atoms with van der Waals surface area (Å²) < 4.78 is 27.2. The monoisotopic (exact) mass is 435 g/mol. The lowest BCUT2D eigenvalue weighted by Gasteiger charge is -2.23. The number of aryl methyl sites for hydroxylation is 1. The lowest BCUT2D eigenvalue weighted by molar-refractivity contribution is -0.133. The molecule has 1 saturated heterocycles. The fourth-order valence-electron chi connectivity index (χ4n) is 3.60. The first kappa shape index (κ1) is 20.3. The van der Waals surface area contributed by atoms with Crippen molar-refractivity contribution >= 4 is 34.3 Å². The van der Waals surface area contributed by atoms with Gasteiger partial charge in [-0.25, -0.2) is 13.8 Å². The first-order valence-corrected chi connectivity index (χ1v) is 9.84. The number of alkyl halides is 2. The standard InChI is InChI=1S/C20H20ClF2N5O2/c1-11-24-9-14(25-11)8-17(19(30)28-5-4-20(22,23)10-28)27-18(29)16-7-12-6-13(21)2-3-15(12)26-16/h2-3,6-7,9,17,26H,4-5,8,10H2,1H3,(H,24,25)(H,27,29). The van der Waals surface area contributed by atoms with Crippen molar-refractivity contribution in [2.45, 2.75) is 31.7 Å². The molecule has 7 nitrogen and oxygen atoms in total. The number of likely N-dealkylation sites (tertiary alicyclic amines) is 1. The zero-order valence-electron chi connectivity index (χ0n) is 16.1. The molecule has 0 aliphatic carbocycles. The molecule has 2 aromatic heterocycles. The van der Waals surface area contributed by atoms with E-state index < -0.39 is 30.3 Å². The first-order chi connectivity index (χ1) is 14.2. The Kier molecular flexibility index (Phi) is 5.23. The van der Waals surface area contributed by atoms with Crippen molar-refractivity contribution in [3.05, 3.63) is 52.7 Å². The number of aromatic amines is 2. The van der Waals surface area contributed by atoms with Gasteiger partial charge in [-0.2, -0.15) is 0 Å². The Morgan fingerprint density at radius 1 is 1.33 bits per heavy atom. The molecule has 3 aromatic rings. The van der Waals surface area contributed by atoms with Crippen LogP contribution in [0.25, 0.3) is 10.9 Å². The second-order valence-electron chi connectivity index (χ2n) is 7.50. The van der Waals surface area contributed by atoms with Gasteiger partial charge in [0, 0.05) is 47.2 Å². The number of benzene rings is 1. The second kappa shape index (κ2) is 7.71. The topological polar surface area (TPSA) is 93.9 Å². The molecule has 0 radical (unpaired) electrons. The Morgan fingerprint density at radius 3 is 2.80 bits per heavy atom. The van der Waals surface area contributed by atoms with E-state index in [1.807, 2.05) is 0 Å². The highest BCUT2D eigenvalue weighted by atomic mass is 35.5. The van der Waals surface area contributed by atoms with Gasteiger partial charge < -0.3 is 20.2 Å². The summed E-state index contributed by atoms with van der Waals surface area (Å²) in [6, 6.07) is 5.77. The van der Waals surface area contributed by atoms with Gasteiger partial charge >= 0.3 is 0 Å². The highest BCUT2D eigenvalue weighted by molar-refractivity contribution is 6.31. The number of nitrogens with one attached hydrogen (secondary N) is 3. The largest absolute Gasteiger partial charge is 0.351 e. The number of amides is 2. The fraction of sp³-hybridized carbons (Fsp3) is 0.350. The predicted octanol–water partition coefficient (Wildman–Crippen LogP) is 3.06. The van der Waals surface area contributed by atoms with E-state index in [-0.39, 0.29) is 25.1 Å². The Bertz CT molecular complexity index is 1110. The average molecular weight is 436 g/mol. The van der Waals surface area contributed by atoms with E-state index in [1.165, 1.54) is 0 Å². The molecule has 1 aromatic carbocycles. The number of carbonyl (C=O) groups excluding carboxylic acids is 2. The van der Waals surface area contributed by atoms with E-state index in [9.17, 15) is 18.4 Å². The molecular weight excluding hydrogens is 416 g/mol. The smallest absolute Gasteiger partial charge is 0.268 e. The van der Waals surface area contributed by atoms with Crippen LogP contribution in [0.4, 0.5) is 8.78 Å². The van der Waals surface area contributed by atoms with Gasteiger partial charge in [0.1, 0.15) is 17.6 Å². The minimum atomic E-state index is -2.91. The maximum Gasteiger partial charge on any atom is 0.268 e. The van der Waals surface area contributed by atoms with Crippen LogP contribution >= 0.6 is 11.6 Å². The van der Waals surface area contributed by atoms with Crippen LogP contribution < -0.4 is 5.32 Å². The number of hydrogen-bond acceptors (Lipinski definition) is 3. The third-order valence-corrected chi connectivity index (χ3v) is 5.33. The van der Waals surface area contributed by atoms with Crippen molar-refractivity contribution in [1.29, 1.82) is 0 Å². The maximum atomic E-state index is 13.6. The van der Waals surface area contributed by atoms with E-state index in [4.69, 9.17) is 11.6 Å². The molecular formula is C20H20ClF2N5O2. The molecule has 1 aliphatic heterocycles. The van der Waals surface area contributed by atoms with Crippen LogP contribution in [0.2, 0.25) is 5.02 Å². The summed E-state index contributed by atoms with van der Waals surface area (Å²) in [6.07, 6.45) is 1.29. The third-order valence-electron chi connectivity index (χ3n) is 5.09. The number of fused-ring (bicyclic) bond motifs is 1. The number of carbonyl (C=O) groups is 2. The second-order valence-corrected chi connectivity index (χ2v) is 7.94. The van der Waals surface area contributed by atoms with Crippen molar-refractivity contribution < 1.29 is 18.4 Å². The average Bonchev–Trinajstić information content (AvgIpc) is 3.38. The Balaban J connectivity index is 1.56. The zero-order valence-corrected chi connectivity index (χ0v) is 16.9. The summed E-state index contributed by atoms with van der Waals surface area (Å²) in [7, 11) is 0. The van der Waals surface area contributed by atoms with Crippen molar-refractivity contribution in [3.63, 3.8) is 0 Å². The molecule has 3 N–H and O–H groups in total. The van der Waals surface area contributed by atoms with Crippen LogP contribution in [0, 0.1) is 6.92 Å². The molecule has 2 amide bonds. The molecule has 1 aliphatic rings. The molecule has 1 atom stereocenters. The number of halogens is 3. The molecule has 0 saturated carbocycles. The van der Waals surface area contributed by atoms with Crippen LogP contribution in [-0.2, 0) is 11.2 Å². The van der Waals surface area contributed by atoms with Crippen molar-refractivity contribution in [2.24, 2.45) is 0 Å². The number of hydrogen-bond donors (Lipinski definition) is 3. The van der Waals surface area contributed by atoms with Crippen LogP contribution in [-0.4, -0.2) is 56.7 Å². The molecule has 30 heavy (non-hydrogen) atoms. The Hall–Kier alpha value is -2.94. The molecule has 0 spiro atoms. The van der Waals surface area contributed by atoms with Crippen molar-refractivity contribution in [2.75, 3.05) is 13.1 Å². The summed E-state index contributed by atoms with van der Waals surface area (Å²) in [5.41, 5.74) is 1.59. The normalized spacial score (nSPS) is 16.7. The first-order valence-electron chi connectivity index (χ1n) is 9.46. The predicted molar refractivity (Wildman–Crippen MR) is 108 cm³/mol. The van der Waals surface area contributed by atoms with Crippen molar-refractivity contribution in [3.8, 4) is 0 Å². The van der Waals surface area contributed by atoms with Gasteiger partial charge in [-0.3, -0.25) is 9.59 Å². The summed E-state index contributed by atoms with van der Waals surface area (Å²) in [6.45, 7) is 1.06. The summed E-state index contributed by atoms with van der Waals surface area (Å²) in [5.74, 6) is -3.32. The number of nitrogens with zero attached hydrogens (tertiary/aromatic N) is 2. The van der Waals surface area contributed by atoms with Gasteiger partial charge in [0.15, 0.2) is 0 Å². The number of aromatic nitrogens is 3. The molecule has 0 bridgehead atoms. The molecule has 3 heterocycles. The van der Waals surface area contributed by atoms with E-state index in [0.29, 0.717) is 16.5 Å². The highest BCUT2D eigenvalue weighted by Crippen LogP contribution is 2.27. The number of H-pyrrole nitrogens is 2. The van der Waals surface area contributed by atoms with E-state index in [2.05, 4.69) is 20.3 Å². The fourth-order valence-corrected chi connectivity index (χ4v) is 3.78. The molecule has 158 valence electrons. The van der Waals surface area contributed by atoms with E-state index in [0.717, 1.165) is 15.8 Å². The van der Waals surface area contributed by atoms with Crippen LogP contribution in [0.3, 0.4) is 0 Å². The SMILES string of the molecule is Cc1ncc(CC(NC(=O)c2cc3cc(Cl)ccc3[nH]2)C(=O)N2CCC(F)(F)C2)[nH]1. The van der Waals surface area contributed by atoms with Crippen LogP contribution in [0.1, 0.15) is 28.4 Å². The summed E-state index contributed by atoms with van der Waals surface area (Å²) in [5, 5.41) is 3.97. The van der Waals surface area contributed by atoms with Crippen molar-refractivity contribution in [1.82, 2.24) is 25.2 Å². The highest BCUT2D eigenvalue weighted by Gasteiger charge is 2.42. The van der Waals surface area contributed by atoms with Gasteiger partial charge in [0.2, 0.25) is 5.91 Å².